The Bertz CT molecular complexity index is 1040. The first-order valence-corrected chi connectivity index (χ1v) is 16.9. The highest BCUT2D eigenvalue weighted by Crippen LogP contribution is 2.29. The van der Waals surface area contributed by atoms with Crippen LogP contribution in [0.25, 0.3) is 0 Å². The third-order valence-electron chi connectivity index (χ3n) is 8.31. The van der Waals surface area contributed by atoms with Crippen molar-refractivity contribution >= 4 is 35.8 Å². The first-order chi connectivity index (χ1) is 22.9. The Balaban J connectivity index is 6.00. The molecular weight excluding hydrogens is 650 g/mol. The van der Waals surface area contributed by atoms with Gasteiger partial charge >= 0.3 is 35.8 Å². The Morgan fingerprint density at radius 3 is 1.51 bits per heavy atom. The molecule has 9 atom stereocenters. The predicted octanol–water partition coefficient (Wildman–Crippen LogP) is 2.18. The number of carboxylic acid groups (broad SMARTS) is 4. The number of hydrogen-bond donors (Lipinski definition) is 8. The van der Waals surface area contributed by atoms with Crippen LogP contribution in [0.15, 0.2) is 0 Å². The second kappa shape index (κ2) is 24.7. The van der Waals surface area contributed by atoms with Crippen molar-refractivity contribution in [2.24, 2.45) is 29.4 Å². The lowest BCUT2D eigenvalue weighted by molar-refractivity contribution is -0.177. The van der Waals surface area contributed by atoms with Crippen LogP contribution in [0, 0.1) is 23.7 Å². The monoisotopic (exact) mass is 707 g/mol. The van der Waals surface area contributed by atoms with Gasteiger partial charge in [0.15, 0.2) is 0 Å². The summed E-state index contributed by atoms with van der Waals surface area (Å²) in [6.45, 7) is 5.45. The van der Waals surface area contributed by atoms with E-state index < -0.39 is 110 Å². The van der Waals surface area contributed by atoms with E-state index >= 15 is 0 Å². The summed E-state index contributed by atoms with van der Waals surface area (Å²) < 4.78 is 11.4. The van der Waals surface area contributed by atoms with Crippen LogP contribution in [-0.2, 0) is 38.2 Å². The number of nitrogens with two attached hydrogens (primary N) is 1. The van der Waals surface area contributed by atoms with Gasteiger partial charge in [-0.05, 0) is 43.9 Å². The van der Waals surface area contributed by atoms with Gasteiger partial charge in [-0.25, -0.2) is 0 Å². The molecule has 2 unspecified atom stereocenters. The van der Waals surface area contributed by atoms with Crippen molar-refractivity contribution in [1.29, 1.82) is 0 Å². The fourth-order valence-electron chi connectivity index (χ4n) is 5.60. The molecule has 0 radical (unpaired) electrons. The number of aliphatic hydroxyl groups excluding tert-OH is 3. The minimum atomic E-state index is -1.59. The molecule has 0 aromatic heterocycles. The van der Waals surface area contributed by atoms with E-state index in [1.165, 1.54) is 0 Å². The van der Waals surface area contributed by atoms with Crippen molar-refractivity contribution in [3.8, 4) is 0 Å². The van der Waals surface area contributed by atoms with Gasteiger partial charge in [0.1, 0.15) is 12.2 Å². The lowest BCUT2D eigenvalue weighted by Gasteiger charge is -2.33. The molecule has 16 heteroatoms. The summed E-state index contributed by atoms with van der Waals surface area (Å²) in [7, 11) is 0. The van der Waals surface area contributed by atoms with Gasteiger partial charge in [0.05, 0.1) is 55.8 Å². The number of hydrogen-bond acceptors (Lipinski definition) is 12. The normalized spacial score (nSPS) is 17.0. The molecule has 0 aliphatic heterocycles. The van der Waals surface area contributed by atoms with E-state index in [2.05, 4.69) is 0 Å². The zero-order valence-electron chi connectivity index (χ0n) is 28.8. The molecule has 0 fully saturated rings. The highest BCUT2D eigenvalue weighted by atomic mass is 16.6. The van der Waals surface area contributed by atoms with E-state index in [-0.39, 0.29) is 31.7 Å². The maximum absolute atomic E-state index is 13.0. The zero-order valence-corrected chi connectivity index (χ0v) is 28.8. The predicted molar refractivity (Wildman–Crippen MR) is 173 cm³/mol. The molecule has 49 heavy (non-hydrogen) atoms. The van der Waals surface area contributed by atoms with Crippen molar-refractivity contribution in [3.05, 3.63) is 0 Å². The Morgan fingerprint density at radius 1 is 0.612 bits per heavy atom. The van der Waals surface area contributed by atoms with Crippen LogP contribution in [-0.4, -0.2) is 109 Å². The number of carbonyl (C=O) groups is 6. The minimum Gasteiger partial charge on any atom is -0.481 e. The smallest absolute Gasteiger partial charge is 0.307 e. The second-order valence-corrected chi connectivity index (χ2v) is 13.1. The van der Waals surface area contributed by atoms with Crippen molar-refractivity contribution < 1.29 is 74.0 Å². The van der Waals surface area contributed by atoms with Gasteiger partial charge in [0, 0.05) is 13.0 Å². The van der Waals surface area contributed by atoms with Crippen LogP contribution in [0.1, 0.15) is 111 Å². The maximum atomic E-state index is 13.0. The highest BCUT2D eigenvalue weighted by molar-refractivity contribution is 5.83. The SMILES string of the molecule is CCCC[C@@H](C)[C@@H](OC(=O)CC(CC(=O)O)C(=O)O)[C@H](C[C@@H](C)C[C@H](O)CCCC[C@@H](O)C[C@H](O)CN)OC(=O)CC(CC(=O)O)C(=O)O. The van der Waals surface area contributed by atoms with Crippen LogP contribution in [0.5, 0.6) is 0 Å². The first-order valence-electron chi connectivity index (χ1n) is 16.9. The average Bonchev–Trinajstić information content (AvgIpc) is 2.99. The Morgan fingerprint density at radius 2 is 1.08 bits per heavy atom. The zero-order chi connectivity index (χ0) is 37.7. The fraction of sp³-hybridized carbons (Fsp3) is 0.818. The number of rotatable bonds is 29. The summed E-state index contributed by atoms with van der Waals surface area (Å²) in [5, 5.41) is 67.3. The second-order valence-electron chi connectivity index (χ2n) is 13.1. The van der Waals surface area contributed by atoms with E-state index in [1.807, 2.05) is 6.92 Å². The number of carboxylic acids is 4. The van der Waals surface area contributed by atoms with Crippen molar-refractivity contribution in [1.82, 2.24) is 0 Å². The van der Waals surface area contributed by atoms with Crippen molar-refractivity contribution in [2.45, 2.75) is 141 Å². The van der Waals surface area contributed by atoms with Gasteiger partial charge in [-0.15, -0.1) is 0 Å². The molecule has 284 valence electrons. The molecule has 0 saturated carbocycles. The van der Waals surface area contributed by atoms with Crippen LogP contribution in [0.2, 0.25) is 0 Å². The summed E-state index contributed by atoms with van der Waals surface area (Å²) in [5.41, 5.74) is 5.37. The summed E-state index contributed by atoms with van der Waals surface area (Å²) in [5.74, 6) is -12.0. The largest absolute Gasteiger partial charge is 0.481 e. The molecule has 0 spiro atoms. The molecule has 0 aliphatic carbocycles. The van der Waals surface area contributed by atoms with Gasteiger partial charge < -0.3 is 51.0 Å². The number of esters is 2. The van der Waals surface area contributed by atoms with E-state index in [0.29, 0.717) is 38.5 Å². The van der Waals surface area contributed by atoms with Gasteiger partial charge in [-0.3, -0.25) is 28.8 Å². The Kier molecular flexibility index (Phi) is 23.1. The van der Waals surface area contributed by atoms with Crippen LogP contribution in [0.4, 0.5) is 0 Å². The van der Waals surface area contributed by atoms with Crippen molar-refractivity contribution in [3.63, 3.8) is 0 Å². The number of aliphatic hydroxyl groups is 3. The third kappa shape index (κ3) is 21.4. The maximum Gasteiger partial charge on any atom is 0.307 e. The van der Waals surface area contributed by atoms with E-state index in [4.69, 9.17) is 25.4 Å². The Labute approximate surface area is 287 Å². The number of unbranched alkanes of at least 4 members (excludes halogenated alkanes) is 2. The van der Waals surface area contributed by atoms with Gasteiger partial charge in [0.2, 0.25) is 0 Å². The molecular formula is C33H57NO15. The molecule has 9 N–H and O–H groups in total. The van der Waals surface area contributed by atoms with Gasteiger partial charge in [-0.1, -0.05) is 46.5 Å². The quantitative estimate of drug-likeness (QED) is 0.0408. The molecule has 16 nitrogen and oxygen atoms in total. The highest BCUT2D eigenvalue weighted by Gasteiger charge is 2.37. The van der Waals surface area contributed by atoms with E-state index in [0.717, 1.165) is 6.42 Å². The molecule has 0 amide bonds. The lowest BCUT2D eigenvalue weighted by Crippen LogP contribution is -2.42. The standard InChI is InChI=1S/C33H57NO15/c1-4-5-8-20(3)31(49-30(43)16-22(33(46)47)14-28(40)41)26(48-29(42)15-21(32(44)45)13-27(38)39)12-19(2)11-23(35)9-6-7-10-24(36)17-25(37)18-34/h19-26,31,35-37H,4-18,34H2,1-3H3,(H,38,39)(H,40,41)(H,44,45)(H,46,47)/t19-,20+,21?,22?,23+,24+,25-,26-,31+/m0/s1. The van der Waals surface area contributed by atoms with E-state index in [1.54, 1.807) is 13.8 Å². The summed E-state index contributed by atoms with van der Waals surface area (Å²) in [4.78, 5) is 71.6. The molecule has 0 aromatic rings. The van der Waals surface area contributed by atoms with Crippen LogP contribution >= 0.6 is 0 Å². The van der Waals surface area contributed by atoms with Crippen LogP contribution < -0.4 is 5.73 Å². The third-order valence-corrected chi connectivity index (χ3v) is 8.31. The molecule has 0 saturated heterocycles. The first kappa shape index (κ1) is 45.7. The average molecular weight is 708 g/mol. The van der Waals surface area contributed by atoms with Crippen molar-refractivity contribution in [2.75, 3.05) is 6.54 Å². The molecule has 0 aliphatic rings. The molecule has 0 bridgehead atoms. The molecule has 0 heterocycles. The minimum absolute atomic E-state index is 0.0288. The van der Waals surface area contributed by atoms with Gasteiger partial charge in [-0.2, -0.15) is 0 Å². The topological polar surface area (TPSA) is 289 Å². The molecule has 0 aromatic carbocycles. The molecule has 0 rings (SSSR count). The van der Waals surface area contributed by atoms with Crippen LogP contribution in [0.3, 0.4) is 0 Å². The van der Waals surface area contributed by atoms with E-state index in [9.17, 15) is 54.3 Å². The summed E-state index contributed by atoms with van der Waals surface area (Å²) >= 11 is 0. The van der Waals surface area contributed by atoms with Gasteiger partial charge in [0.25, 0.3) is 0 Å². The fourth-order valence-corrected chi connectivity index (χ4v) is 5.60. The number of aliphatic carboxylic acids is 4. The number of carbonyl (C=O) groups excluding carboxylic acids is 2. The summed E-state index contributed by atoms with van der Waals surface area (Å²) in [6, 6.07) is 0. The Hall–Kier alpha value is -3.34. The number of ether oxygens (including phenoxy) is 2. The lowest BCUT2D eigenvalue weighted by atomic mass is 9.87. The summed E-state index contributed by atoms with van der Waals surface area (Å²) in [6.07, 6.45) is -3.63.